The quantitative estimate of drug-likeness (QED) is 0.539. The average Bonchev–Trinajstić information content (AvgIpc) is 1.63. The summed E-state index contributed by atoms with van der Waals surface area (Å²) >= 11 is -0.636. The molecule has 0 rings (SSSR count). The Morgan fingerprint density at radius 2 is 2.22 bits per heavy atom. The van der Waals surface area contributed by atoms with Crippen LogP contribution in [0.5, 0.6) is 0 Å². The Bertz CT molecular complexity index is 118. The van der Waals surface area contributed by atoms with E-state index in [0.717, 1.165) is 5.21 Å². The predicted octanol–water partition coefficient (Wildman–Crippen LogP) is 1.38. The second-order valence-corrected chi connectivity index (χ2v) is 7.30. The van der Waals surface area contributed by atoms with E-state index in [1.165, 1.54) is 6.08 Å². The van der Waals surface area contributed by atoms with Gasteiger partial charge >= 0.3 is 59.3 Å². The van der Waals surface area contributed by atoms with Gasteiger partial charge < -0.3 is 0 Å². The summed E-state index contributed by atoms with van der Waals surface area (Å²) in [4.78, 5) is 9.91. The molecule has 0 heterocycles. The van der Waals surface area contributed by atoms with E-state index in [1.807, 2.05) is 0 Å². The van der Waals surface area contributed by atoms with Crippen LogP contribution in [0.2, 0.25) is 16.6 Å². The zero-order valence-electron chi connectivity index (χ0n) is 5.66. The van der Waals surface area contributed by atoms with Gasteiger partial charge in [0.15, 0.2) is 0 Å². The molecule has 0 atom stereocenters. The molecule has 0 amide bonds. The fourth-order valence-corrected chi connectivity index (χ4v) is 1.47. The van der Waals surface area contributed by atoms with Gasteiger partial charge in [0, 0.05) is 0 Å². The van der Waals surface area contributed by atoms with Crippen LogP contribution in [0.25, 0.3) is 0 Å². The predicted molar refractivity (Wildman–Crippen MR) is 39.1 cm³/mol. The maximum absolute atomic E-state index is 9.91. The van der Waals surface area contributed by atoms with Crippen molar-refractivity contribution in [3.8, 4) is 0 Å². The van der Waals surface area contributed by atoms with Crippen molar-refractivity contribution in [1.29, 1.82) is 0 Å². The first-order valence-corrected chi connectivity index (χ1v) is 7.75. The molecule has 3 heteroatoms. The Hall–Kier alpha value is -0.232. The number of aliphatic carboxylic acids is 1. The molecule has 9 heavy (non-hydrogen) atoms. The number of carboxylic acid groups (broad SMARTS) is 1. The fraction of sp³-hybridized carbons (Fsp3) is 0.500. The Labute approximate surface area is 59.8 Å². The van der Waals surface area contributed by atoms with E-state index in [9.17, 15) is 4.79 Å². The van der Waals surface area contributed by atoms with Crippen molar-refractivity contribution in [1.82, 2.24) is 0 Å². The van der Waals surface area contributed by atoms with Crippen LogP contribution in [0.15, 0.2) is 12.2 Å². The standard InChI is InChI=1S/C6H11AsO2/c1-7(2)5-3-4-6(8)9/h3-4H,5H2,1-2H3,(H,8,9)/b4-3+. The Morgan fingerprint density at radius 1 is 1.67 bits per heavy atom. The van der Waals surface area contributed by atoms with Crippen LogP contribution in [-0.2, 0) is 4.79 Å². The molecule has 0 aromatic heterocycles. The molecule has 0 spiro atoms. The molecule has 0 aromatic rings. The molecule has 0 aliphatic rings. The molecule has 2 nitrogen and oxygen atoms in total. The van der Waals surface area contributed by atoms with Crippen LogP contribution in [0.3, 0.4) is 0 Å². The molecule has 0 aliphatic heterocycles. The summed E-state index contributed by atoms with van der Waals surface area (Å²) < 4.78 is 0. The number of allylic oxidation sites excluding steroid dienone is 1. The molecule has 0 saturated carbocycles. The molecular weight excluding hydrogens is 179 g/mol. The fourth-order valence-electron chi connectivity index (χ4n) is 0.364. The molecule has 0 fully saturated rings. The molecule has 0 aromatic carbocycles. The number of hydrogen-bond donors (Lipinski definition) is 1. The molecule has 0 unspecified atom stereocenters. The summed E-state index contributed by atoms with van der Waals surface area (Å²) in [5, 5.41) is 9.14. The third-order valence-corrected chi connectivity index (χ3v) is 2.71. The Morgan fingerprint density at radius 3 is 2.56 bits per heavy atom. The third kappa shape index (κ3) is 7.77. The number of hydrogen-bond acceptors (Lipinski definition) is 1. The normalized spacial score (nSPS) is 11.0. The summed E-state index contributed by atoms with van der Waals surface area (Å²) in [6, 6.07) is 0. The van der Waals surface area contributed by atoms with Crippen molar-refractivity contribution in [2.75, 3.05) is 0 Å². The van der Waals surface area contributed by atoms with E-state index in [0.29, 0.717) is 0 Å². The van der Waals surface area contributed by atoms with E-state index in [1.54, 1.807) is 6.08 Å². The van der Waals surface area contributed by atoms with Crippen LogP contribution in [0.1, 0.15) is 0 Å². The molecule has 0 saturated heterocycles. The van der Waals surface area contributed by atoms with Gasteiger partial charge in [0.2, 0.25) is 0 Å². The van der Waals surface area contributed by atoms with Crippen LogP contribution < -0.4 is 0 Å². The van der Waals surface area contributed by atoms with Gasteiger partial charge in [0.1, 0.15) is 0 Å². The van der Waals surface area contributed by atoms with Crippen molar-refractivity contribution < 1.29 is 9.90 Å². The van der Waals surface area contributed by atoms with Gasteiger partial charge in [0.25, 0.3) is 0 Å². The Balaban J connectivity index is 3.36. The number of carboxylic acids is 1. The van der Waals surface area contributed by atoms with Gasteiger partial charge in [-0.15, -0.1) is 0 Å². The molecule has 52 valence electrons. The Kier molecular flexibility index (Phi) is 4.51. The molecule has 1 N–H and O–H groups in total. The first kappa shape index (κ1) is 8.77. The van der Waals surface area contributed by atoms with E-state index in [4.69, 9.17) is 5.11 Å². The minimum absolute atomic E-state index is 0.636. The second kappa shape index (κ2) is 4.63. The number of rotatable bonds is 3. The molecule has 0 radical (unpaired) electrons. The van der Waals surface area contributed by atoms with Crippen molar-refractivity contribution in [3.63, 3.8) is 0 Å². The van der Waals surface area contributed by atoms with Crippen molar-refractivity contribution in [2.24, 2.45) is 0 Å². The van der Waals surface area contributed by atoms with Crippen LogP contribution in [0, 0.1) is 0 Å². The van der Waals surface area contributed by atoms with Gasteiger partial charge in [-0.1, -0.05) is 0 Å². The zero-order chi connectivity index (χ0) is 7.28. The molecular formula is C6H11AsO2. The number of carbonyl (C=O) groups is 1. The summed E-state index contributed by atoms with van der Waals surface area (Å²) in [7, 11) is 0. The third-order valence-electron chi connectivity index (χ3n) is 0.731. The summed E-state index contributed by atoms with van der Waals surface area (Å²) in [5.41, 5.74) is 4.39. The van der Waals surface area contributed by atoms with E-state index in [-0.39, 0.29) is 0 Å². The first-order valence-electron chi connectivity index (χ1n) is 2.67. The van der Waals surface area contributed by atoms with Crippen LogP contribution in [0.4, 0.5) is 0 Å². The van der Waals surface area contributed by atoms with E-state index >= 15 is 0 Å². The van der Waals surface area contributed by atoms with Crippen molar-refractivity contribution in [2.45, 2.75) is 16.6 Å². The second-order valence-electron chi connectivity index (χ2n) is 2.00. The minimum atomic E-state index is -0.842. The summed E-state index contributed by atoms with van der Waals surface area (Å²) in [5.74, 6) is -0.842. The van der Waals surface area contributed by atoms with Gasteiger partial charge in [-0.2, -0.15) is 0 Å². The van der Waals surface area contributed by atoms with Gasteiger partial charge in [-0.3, -0.25) is 0 Å². The van der Waals surface area contributed by atoms with E-state index < -0.39 is 20.6 Å². The van der Waals surface area contributed by atoms with Crippen LogP contribution >= 0.6 is 0 Å². The van der Waals surface area contributed by atoms with Crippen molar-refractivity contribution >= 4 is 20.6 Å². The topological polar surface area (TPSA) is 37.3 Å². The average molecular weight is 190 g/mol. The monoisotopic (exact) mass is 190 g/mol. The summed E-state index contributed by atoms with van der Waals surface area (Å²) in [6.45, 7) is 0. The summed E-state index contributed by atoms with van der Waals surface area (Å²) in [6.07, 6.45) is 2.96. The zero-order valence-corrected chi connectivity index (χ0v) is 7.54. The maximum atomic E-state index is 9.91. The van der Waals surface area contributed by atoms with Gasteiger partial charge in [-0.05, 0) is 0 Å². The SMILES string of the molecule is C[As](C)C/C=C/C(=O)O. The van der Waals surface area contributed by atoms with Gasteiger partial charge in [-0.25, -0.2) is 0 Å². The van der Waals surface area contributed by atoms with Gasteiger partial charge in [0.05, 0.1) is 0 Å². The molecule has 0 bridgehead atoms. The van der Waals surface area contributed by atoms with Crippen molar-refractivity contribution in [3.05, 3.63) is 12.2 Å². The molecule has 0 aliphatic carbocycles. The van der Waals surface area contributed by atoms with Crippen LogP contribution in [-0.4, -0.2) is 25.7 Å². The first-order chi connectivity index (χ1) is 4.13. The van der Waals surface area contributed by atoms with E-state index in [2.05, 4.69) is 11.4 Å².